The number of benzene rings is 1. The maximum absolute atomic E-state index is 11.9. The Labute approximate surface area is 112 Å². The lowest BCUT2D eigenvalue weighted by Crippen LogP contribution is -2.19. The second-order valence-corrected chi connectivity index (χ2v) is 4.54. The van der Waals surface area contributed by atoms with Crippen molar-refractivity contribution in [2.45, 2.75) is 20.4 Å². The Morgan fingerprint density at radius 1 is 1.32 bits per heavy atom. The maximum atomic E-state index is 11.9. The summed E-state index contributed by atoms with van der Waals surface area (Å²) < 4.78 is 4.65. The summed E-state index contributed by atoms with van der Waals surface area (Å²) >= 11 is 0. The Bertz CT molecular complexity index is 494. The van der Waals surface area contributed by atoms with Crippen molar-refractivity contribution in [2.75, 3.05) is 20.7 Å². The summed E-state index contributed by atoms with van der Waals surface area (Å²) in [5.41, 5.74) is 1.49. The van der Waals surface area contributed by atoms with Gasteiger partial charge in [-0.3, -0.25) is 4.79 Å². The number of aromatic hydroxyl groups is 1. The van der Waals surface area contributed by atoms with E-state index in [0.717, 1.165) is 5.56 Å². The summed E-state index contributed by atoms with van der Waals surface area (Å²) in [4.78, 5) is 25.2. The monoisotopic (exact) mass is 265 g/mol. The van der Waals surface area contributed by atoms with Crippen LogP contribution in [0.4, 0.5) is 0 Å². The molecular weight excluding hydrogens is 246 g/mol. The van der Waals surface area contributed by atoms with Crippen LogP contribution in [0.5, 0.6) is 5.75 Å². The van der Waals surface area contributed by atoms with Crippen LogP contribution in [0.2, 0.25) is 0 Å². The molecule has 0 heterocycles. The highest BCUT2D eigenvalue weighted by Gasteiger charge is 2.23. The topological polar surface area (TPSA) is 66.8 Å². The van der Waals surface area contributed by atoms with Crippen molar-refractivity contribution in [2.24, 2.45) is 0 Å². The minimum absolute atomic E-state index is 0.0131. The lowest BCUT2D eigenvalue weighted by molar-refractivity contribution is -0.137. The predicted octanol–water partition coefficient (Wildman–Crippen LogP) is 1.51. The van der Waals surface area contributed by atoms with E-state index in [4.69, 9.17) is 0 Å². The molecule has 1 N–H and O–H groups in total. The Morgan fingerprint density at radius 3 is 2.47 bits per heavy atom. The molecule has 104 valence electrons. The zero-order valence-electron chi connectivity index (χ0n) is 11.7. The molecule has 0 aliphatic carbocycles. The van der Waals surface area contributed by atoms with Crippen molar-refractivity contribution in [1.82, 2.24) is 4.90 Å². The van der Waals surface area contributed by atoms with E-state index < -0.39 is 11.8 Å². The van der Waals surface area contributed by atoms with Crippen molar-refractivity contribution in [3.05, 3.63) is 28.8 Å². The SMILES string of the molecule is CCOC(=O)C(=O)c1ccc(C)c(CN(C)C)c1O. The van der Waals surface area contributed by atoms with E-state index in [9.17, 15) is 14.7 Å². The van der Waals surface area contributed by atoms with Gasteiger partial charge in [-0.2, -0.15) is 0 Å². The van der Waals surface area contributed by atoms with Crippen molar-refractivity contribution in [1.29, 1.82) is 0 Å². The number of phenolic OH excluding ortho intramolecular Hbond substituents is 1. The molecule has 0 radical (unpaired) electrons. The molecule has 0 saturated heterocycles. The van der Waals surface area contributed by atoms with E-state index in [1.165, 1.54) is 6.07 Å². The molecule has 1 rings (SSSR count). The van der Waals surface area contributed by atoms with Gasteiger partial charge in [0, 0.05) is 12.1 Å². The molecule has 0 unspecified atom stereocenters. The highest BCUT2D eigenvalue weighted by molar-refractivity contribution is 6.41. The number of carbonyl (C=O) groups is 2. The zero-order chi connectivity index (χ0) is 14.6. The fraction of sp³-hybridized carbons (Fsp3) is 0.429. The molecule has 0 aliphatic rings. The summed E-state index contributed by atoms with van der Waals surface area (Å²) in [6.45, 7) is 4.08. The first-order valence-electron chi connectivity index (χ1n) is 6.06. The number of Topliss-reactive ketones (excluding diaryl/α,β-unsaturated/α-hetero) is 1. The molecule has 19 heavy (non-hydrogen) atoms. The van der Waals surface area contributed by atoms with Crippen LogP contribution < -0.4 is 0 Å². The number of carbonyl (C=O) groups excluding carboxylic acids is 2. The van der Waals surface area contributed by atoms with Gasteiger partial charge in [-0.25, -0.2) is 4.79 Å². The standard InChI is InChI=1S/C14H19NO4/c1-5-19-14(18)13(17)10-7-6-9(2)11(12(10)16)8-15(3)4/h6-7,16H,5,8H2,1-4H3. The van der Waals surface area contributed by atoms with Crippen LogP contribution in [-0.4, -0.2) is 42.5 Å². The molecule has 1 aromatic rings. The number of aryl methyl sites for hydroxylation is 1. The molecule has 0 atom stereocenters. The van der Waals surface area contributed by atoms with Crippen LogP contribution in [0.25, 0.3) is 0 Å². The first-order chi connectivity index (χ1) is 8.88. The Kier molecular flexibility index (Phi) is 5.06. The molecule has 1 aromatic carbocycles. The van der Waals surface area contributed by atoms with Gasteiger partial charge in [0.1, 0.15) is 5.75 Å². The second-order valence-electron chi connectivity index (χ2n) is 4.54. The van der Waals surface area contributed by atoms with Crippen molar-refractivity contribution >= 4 is 11.8 Å². The lowest BCUT2D eigenvalue weighted by atomic mass is 10.00. The van der Waals surface area contributed by atoms with Gasteiger partial charge in [0.25, 0.3) is 5.78 Å². The number of esters is 1. The van der Waals surface area contributed by atoms with Crippen LogP contribution >= 0.6 is 0 Å². The molecule has 0 spiro atoms. The number of nitrogens with zero attached hydrogens (tertiary/aromatic N) is 1. The summed E-state index contributed by atoms with van der Waals surface area (Å²) in [7, 11) is 3.72. The molecule has 0 saturated carbocycles. The maximum Gasteiger partial charge on any atom is 0.379 e. The highest BCUT2D eigenvalue weighted by Crippen LogP contribution is 2.27. The van der Waals surface area contributed by atoms with Crippen molar-refractivity contribution in [3.63, 3.8) is 0 Å². The normalized spacial score (nSPS) is 10.6. The van der Waals surface area contributed by atoms with Gasteiger partial charge < -0.3 is 14.7 Å². The van der Waals surface area contributed by atoms with Crippen LogP contribution in [0.1, 0.15) is 28.4 Å². The number of rotatable bonds is 5. The minimum atomic E-state index is -0.947. The first-order valence-corrected chi connectivity index (χ1v) is 6.06. The van der Waals surface area contributed by atoms with Gasteiger partial charge >= 0.3 is 5.97 Å². The van der Waals surface area contributed by atoms with Gasteiger partial charge in [0.2, 0.25) is 0 Å². The van der Waals surface area contributed by atoms with Gasteiger partial charge in [-0.1, -0.05) is 6.07 Å². The van der Waals surface area contributed by atoms with Gasteiger partial charge in [-0.15, -0.1) is 0 Å². The Hall–Kier alpha value is -1.88. The molecule has 5 heteroatoms. The molecule has 5 nitrogen and oxygen atoms in total. The number of ketones is 1. The van der Waals surface area contributed by atoms with Gasteiger partial charge in [0.05, 0.1) is 12.2 Å². The third kappa shape index (κ3) is 3.54. The third-order valence-corrected chi connectivity index (χ3v) is 2.70. The zero-order valence-corrected chi connectivity index (χ0v) is 11.7. The summed E-state index contributed by atoms with van der Waals surface area (Å²) in [6, 6.07) is 3.16. The molecule has 0 bridgehead atoms. The van der Waals surface area contributed by atoms with E-state index in [2.05, 4.69) is 4.74 Å². The average molecular weight is 265 g/mol. The molecule has 0 fully saturated rings. The Morgan fingerprint density at radius 2 is 1.95 bits per heavy atom. The van der Waals surface area contributed by atoms with Crippen LogP contribution in [0.3, 0.4) is 0 Å². The summed E-state index contributed by atoms with van der Waals surface area (Å²) in [5, 5.41) is 10.2. The van der Waals surface area contributed by atoms with E-state index in [1.54, 1.807) is 13.0 Å². The lowest BCUT2D eigenvalue weighted by Gasteiger charge is -2.15. The smallest absolute Gasteiger partial charge is 0.379 e. The van der Waals surface area contributed by atoms with E-state index >= 15 is 0 Å². The third-order valence-electron chi connectivity index (χ3n) is 2.70. The molecule has 0 aromatic heterocycles. The van der Waals surface area contributed by atoms with E-state index in [0.29, 0.717) is 12.1 Å². The number of ether oxygens (including phenoxy) is 1. The predicted molar refractivity (Wildman–Crippen MR) is 71.2 cm³/mol. The quantitative estimate of drug-likeness (QED) is 0.496. The molecular formula is C14H19NO4. The number of phenols is 1. The number of hydrogen-bond acceptors (Lipinski definition) is 5. The van der Waals surface area contributed by atoms with E-state index in [-0.39, 0.29) is 17.9 Å². The second kappa shape index (κ2) is 6.33. The molecule has 0 aliphatic heterocycles. The van der Waals surface area contributed by atoms with Crippen molar-refractivity contribution < 1.29 is 19.4 Å². The van der Waals surface area contributed by atoms with Crippen LogP contribution in [0, 0.1) is 6.92 Å². The highest BCUT2D eigenvalue weighted by atomic mass is 16.5. The fourth-order valence-corrected chi connectivity index (χ4v) is 1.74. The number of hydrogen-bond donors (Lipinski definition) is 1. The van der Waals surface area contributed by atoms with Crippen molar-refractivity contribution in [3.8, 4) is 5.75 Å². The average Bonchev–Trinajstić information content (AvgIpc) is 2.34. The van der Waals surface area contributed by atoms with Crippen LogP contribution in [0.15, 0.2) is 12.1 Å². The largest absolute Gasteiger partial charge is 0.507 e. The summed E-state index contributed by atoms with van der Waals surface area (Å²) in [5.74, 6) is -1.91. The first kappa shape index (κ1) is 15.2. The summed E-state index contributed by atoms with van der Waals surface area (Å²) in [6.07, 6.45) is 0. The van der Waals surface area contributed by atoms with Gasteiger partial charge in [-0.05, 0) is 39.6 Å². The Balaban J connectivity index is 3.16. The van der Waals surface area contributed by atoms with Crippen LogP contribution in [-0.2, 0) is 16.1 Å². The minimum Gasteiger partial charge on any atom is -0.507 e. The fourth-order valence-electron chi connectivity index (χ4n) is 1.74. The van der Waals surface area contributed by atoms with Gasteiger partial charge in [0.15, 0.2) is 0 Å². The van der Waals surface area contributed by atoms with E-state index in [1.807, 2.05) is 25.9 Å². The molecule has 0 amide bonds.